The second kappa shape index (κ2) is 7.91. The quantitative estimate of drug-likeness (QED) is 0.724. The summed E-state index contributed by atoms with van der Waals surface area (Å²) in [4.78, 5) is 13.7. The van der Waals surface area contributed by atoms with Gasteiger partial charge in [0.15, 0.2) is 15.9 Å². The van der Waals surface area contributed by atoms with Gasteiger partial charge in [-0.15, -0.1) is 0 Å². The number of carbonyl (C=O) groups is 1. The maximum Gasteiger partial charge on any atom is 0.278 e. The van der Waals surface area contributed by atoms with E-state index < -0.39 is 9.84 Å². The molecule has 3 rings (SSSR count). The summed E-state index contributed by atoms with van der Waals surface area (Å²) in [6.45, 7) is 6.66. The summed E-state index contributed by atoms with van der Waals surface area (Å²) in [6, 6.07) is 0.133. The van der Waals surface area contributed by atoms with Gasteiger partial charge in [0.05, 0.1) is 35.9 Å². The lowest BCUT2D eigenvalue weighted by atomic mass is 10.1. The first-order chi connectivity index (χ1) is 12.7. The number of nitrogens with one attached hydrogen (secondary N) is 2. The van der Waals surface area contributed by atoms with Crippen molar-refractivity contribution in [2.75, 3.05) is 18.6 Å². The third-order valence-electron chi connectivity index (χ3n) is 6.32. The van der Waals surface area contributed by atoms with Crippen LogP contribution in [0.25, 0.3) is 0 Å². The van der Waals surface area contributed by atoms with Gasteiger partial charge in [0.25, 0.3) is 5.91 Å². The average Bonchev–Trinajstić information content (AvgIpc) is 3.30. The molecule has 1 unspecified atom stereocenters. The molecule has 1 aromatic rings. The number of aryl methyl sites for hydroxylation is 1. The van der Waals surface area contributed by atoms with Gasteiger partial charge in [-0.1, -0.05) is 12.8 Å². The fourth-order valence-corrected chi connectivity index (χ4v) is 6.02. The van der Waals surface area contributed by atoms with Crippen molar-refractivity contribution in [2.24, 2.45) is 0 Å². The van der Waals surface area contributed by atoms with Crippen LogP contribution in [0.3, 0.4) is 0 Å². The van der Waals surface area contributed by atoms with Crippen molar-refractivity contribution in [1.29, 1.82) is 0 Å². The van der Waals surface area contributed by atoms with Gasteiger partial charge >= 0.3 is 0 Å². The van der Waals surface area contributed by atoms with Crippen LogP contribution in [0.4, 0.5) is 0 Å². The SMILES string of the molecule is Cc1nn([C@H]2CCS(=O)(=O)C2)c(C)c1C[NH+](C)[C@@H](C)C(=O)NC1CCCC1. The van der Waals surface area contributed by atoms with Crippen molar-refractivity contribution < 1.29 is 18.1 Å². The van der Waals surface area contributed by atoms with Gasteiger partial charge in [-0.05, 0) is 40.0 Å². The number of amides is 1. The standard InChI is InChI=1S/C19H32N4O3S/c1-13-18(14(2)23(21-13)17-9-10-27(25,26)12-17)11-22(4)15(3)19(24)20-16-7-5-6-8-16/h15-17H,5-12H2,1-4H3,(H,20,24)/p+1/t15-,17-/m0/s1. The van der Waals surface area contributed by atoms with Crippen molar-refractivity contribution in [1.82, 2.24) is 15.1 Å². The largest absolute Gasteiger partial charge is 0.348 e. The summed E-state index contributed by atoms with van der Waals surface area (Å²) in [5.41, 5.74) is 3.08. The van der Waals surface area contributed by atoms with Crippen LogP contribution in [0.5, 0.6) is 0 Å². The van der Waals surface area contributed by atoms with Crippen molar-refractivity contribution >= 4 is 15.7 Å². The summed E-state index contributed by atoms with van der Waals surface area (Å²) in [6.07, 6.45) is 5.22. The van der Waals surface area contributed by atoms with Gasteiger partial charge in [-0.2, -0.15) is 5.10 Å². The molecule has 152 valence electrons. The van der Waals surface area contributed by atoms with Gasteiger partial charge in [-0.25, -0.2) is 8.42 Å². The molecule has 0 spiro atoms. The second-order valence-electron chi connectivity index (χ2n) is 8.39. The molecule has 1 saturated heterocycles. The Labute approximate surface area is 162 Å². The van der Waals surface area contributed by atoms with E-state index >= 15 is 0 Å². The molecule has 2 heterocycles. The Balaban J connectivity index is 1.66. The maximum absolute atomic E-state index is 12.6. The van der Waals surface area contributed by atoms with Crippen LogP contribution in [0, 0.1) is 13.8 Å². The van der Waals surface area contributed by atoms with E-state index in [4.69, 9.17) is 0 Å². The molecular formula is C19H33N4O3S+. The monoisotopic (exact) mass is 397 g/mol. The highest BCUT2D eigenvalue weighted by molar-refractivity contribution is 7.91. The Morgan fingerprint density at radius 2 is 1.96 bits per heavy atom. The van der Waals surface area contributed by atoms with Crippen LogP contribution in [-0.4, -0.2) is 54.7 Å². The summed E-state index contributed by atoms with van der Waals surface area (Å²) in [7, 11) is -0.905. The Kier molecular flexibility index (Phi) is 5.96. The van der Waals surface area contributed by atoms with E-state index in [0.717, 1.165) is 34.7 Å². The Bertz CT molecular complexity index is 796. The molecule has 8 heteroatoms. The zero-order chi connectivity index (χ0) is 19.8. The minimum absolute atomic E-state index is 0.0640. The summed E-state index contributed by atoms with van der Waals surface area (Å²) < 4.78 is 25.5. The Morgan fingerprint density at radius 1 is 1.30 bits per heavy atom. The topological polar surface area (TPSA) is 85.5 Å². The minimum atomic E-state index is -2.94. The molecule has 1 amide bonds. The molecule has 2 N–H and O–H groups in total. The second-order valence-corrected chi connectivity index (χ2v) is 10.6. The first kappa shape index (κ1) is 20.3. The molecule has 0 bridgehead atoms. The zero-order valence-electron chi connectivity index (χ0n) is 16.9. The highest BCUT2D eigenvalue weighted by atomic mass is 32.2. The first-order valence-electron chi connectivity index (χ1n) is 10.1. The average molecular weight is 398 g/mol. The number of sulfone groups is 1. The molecular weight excluding hydrogens is 364 g/mol. The van der Waals surface area contributed by atoms with Crippen molar-refractivity contribution in [2.45, 2.75) is 77.5 Å². The summed E-state index contributed by atoms with van der Waals surface area (Å²) in [5.74, 6) is 0.538. The van der Waals surface area contributed by atoms with E-state index in [1.54, 1.807) is 0 Å². The molecule has 1 aromatic heterocycles. The number of nitrogens with zero attached hydrogens (tertiary/aromatic N) is 2. The fraction of sp³-hybridized carbons (Fsp3) is 0.789. The van der Waals surface area contributed by atoms with Crippen molar-refractivity contribution in [3.8, 4) is 0 Å². The van der Waals surface area contributed by atoms with Crippen LogP contribution in [0.15, 0.2) is 0 Å². The molecule has 1 aliphatic carbocycles. The molecule has 0 radical (unpaired) electrons. The number of aromatic nitrogens is 2. The highest BCUT2D eigenvalue weighted by Gasteiger charge is 2.32. The number of carbonyl (C=O) groups excluding carboxylic acids is 1. The number of hydrogen-bond donors (Lipinski definition) is 2. The molecule has 1 aliphatic heterocycles. The third-order valence-corrected chi connectivity index (χ3v) is 8.07. The number of quaternary nitrogens is 1. The normalized spacial score (nSPS) is 24.8. The minimum Gasteiger partial charge on any atom is -0.348 e. The molecule has 1 saturated carbocycles. The fourth-order valence-electron chi connectivity index (χ4n) is 4.33. The maximum atomic E-state index is 12.6. The summed E-state index contributed by atoms with van der Waals surface area (Å²) in [5, 5.41) is 7.82. The zero-order valence-corrected chi connectivity index (χ0v) is 17.7. The van der Waals surface area contributed by atoms with Gasteiger partial charge in [0, 0.05) is 11.7 Å². The van der Waals surface area contributed by atoms with Crippen LogP contribution in [0.1, 0.15) is 62.0 Å². The van der Waals surface area contributed by atoms with E-state index in [1.807, 2.05) is 32.5 Å². The van der Waals surface area contributed by atoms with Gasteiger partial charge < -0.3 is 10.2 Å². The number of rotatable bonds is 6. The highest BCUT2D eigenvalue weighted by Crippen LogP contribution is 2.26. The smallest absolute Gasteiger partial charge is 0.278 e. The van der Waals surface area contributed by atoms with Gasteiger partial charge in [0.1, 0.15) is 6.54 Å². The lowest BCUT2D eigenvalue weighted by molar-refractivity contribution is -0.908. The van der Waals surface area contributed by atoms with E-state index in [-0.39, 0.29) is 29.5 Å². The third kappa shape index (κ3) is 4.54. The molecule has 3 atom stereocenters. The predicted molar refractivity (Wildman–Crippen MR) is 104 cm³/mol. The molecule has 27 heavy (non-hydrogen) atoms. The van der Waals surface area contributed by atoms with E-state index in [1.165, 1.54) is 12.8 Å². The molecule has 2 fully saturated rings. The lowest BCUT2D eigenvalue weighted by Gasteiger charge is -2.23. The molecule has 0 aromatic carbocycles. The van der Waals surface area contributed by atoms with E-state index in [2.05, 4.69) is 10.4 Å². The van der Waals surface area contributed by atoms with Crippen LogP contribution in [-0.2, 0) is 21.2 Å². The Hall–Kier alpha value is -1.41. The first-order valence-corrected chi connectivity index (χ1v) is 11.9. The van der Waals surface area contributed by atoms with Crippen LogP contribution in [0.2, 0.25) is 0 Å². The van der Waals surface area contributed by atoms with Crippen molar-refractivity contribution in [3.63, 3.8) is 0 Å². The number of hydrogen-bond acceptors (Lipinski definition) is 4. The predicted octanol–water partition coefficient (Wildman–Crippen LogP) is 0.322. The van der Waals surface area contributed by atoms with Crippen LogP contribution >= 0.6 is 0 Å². The Morgan fingerprint density at radius 3 is 2.56 bits per heavy atom. The van der Waals surface area contributed by atoms with E-state index in [9.17, 15) is 13.2 Å². The summed E-state index contributed by atoms with van der Waals surface area (Å²) >= 11 is 0. The number of likely N-dealkylation sites (N-methyl/N-ethyl adjacent to an activating group) is 1. The molecule has 7 nitrogen and oxygen atoms in total. The van der Waals surface area contributed by atoms with Gasteiger partial charge in [0.2, 0.25) is 0 Å². The van der Waals surface area contributed by atoms with Crippen molar-refractivity contribution in [3.05, 3.63) is 17.0 Å². The van der Waals surface area contributed by atoms with Gasteiger partial charge in [-0.3, -0.25) is 9.48 Å². The van der Waals surface area contributed by atoms with Crippen LogP contribution < -0.4 is 10.2 Å². The molecule has 2 aliphatic rings. The van der Waals surface area contributed by atoms with E-state index in [0.29, 0.717) is 19.0 Å². The lowest BCUT2D eigenvalue weighted by Crippen LogP contribution is -3.12.